The smallest absolute Gasteiger partial charge is 0.239 e. The summed E-state index contributed by atoms with van der Waals surface area (Å²) >= 11 is 0. The van der Waals surface area contributed by atoms with Crippen molar-refractivity contribution < 1.29 is 0 Å². The van der Waals surface area contributed by atoms with E-state index in [4.69, 9.17) is 5.84 Å². The van der Waals surface area contributed by atoms with Crippen LogP contribution < -0.4 is 16.6 Å². The number of rotatable bonds is 3. The summed E-state index contributed by atoms with van der Waals surface area (Å²) in [5.41, 5.74) is 5.60. The quantitative estimate of drug-likeness (QED) is 0.555. The lowest BCUT2D eigenvalue weighted by molar-refractivity contribution is 1.09. The van der Waals surface area contributed by atoms with Crippen LogP contribution in [0.3, 0.4) is 0 Å². The fraction of sp³-hybridized carbons (Fsp3) is 0.167. The number of anilines is 3. The molecule has 0 amide bonds. The molecule has 0 fully saturated rings. The van der Waals surface area contributed by atoms with Crippen LogP contribution in [0.5, 0.6) is 0 Å². The summed E-state index contributed by atoms with van der Waals surface area (Å²) in [6.45, 7) is 3.99. The summed E-state index contributed by atoms with van der Waals surface area (Å²) in [4.78, 5) is 8.28. The van der Waals surface area contributed by atoms with Crippen molar-refractivity contribution in [3.05, 3.63) is 41.6 Å². The minimum absolute atomic E-state index is 0.394. The van der Waals surface area contributed by atoms with Gasteiger partial charge in [-0.1, -0.05) is 17.7 Å². The van der Waals surface area contributed by atoms with Gasteiger partial charge in [0.25, 0.3) is 0 Å². The van der Waals surface area contributed by atoms with Gasteiger partial charge in [-0.3, -0.25) is 5.43 Å². The predicted molar refractivity (Wildman–Crippen MR) is 69.0 cm³/mol. The van der Waals surface area contributed by atoms with Crippen LogP contribution in [0.25, 0.3) is 0 Å². The van der Waals surface area contributed by atoms with E-state index in [-0.39, 0.29) is 0 Å². The number of hydrazine groups is 1. The average Bonchev–Trinajstić information content (AvgIpc) is 2.35. The van der Waals surface area contributed by atoms with E-state index in [2.05, 4.69) is 27.6 Å². The molecule has 2 rings (SSSR count). The van der Waals surface area contributed by atoms with E-state index in [1.54, 1.807) is 6.20 Å². The molecule has 0 spiro atoms. The Labute approximate surface area is 100 Å². The summed E-state index contributed by atoms with van der Waals surface area (Å²) in [6.07, 6.45) is 1.72. The molecule has 5 heteroatoms. The first-order valence-electron chi connectivity index (χ1n) is 5.33. The van der Waals surface area contributed by atoms with Crippen LogP contribution in [0, 0.1) is 13.8 Å². The van der Waals surface area contributed by atoms with Gasteiger partial charge in [0.15, 0.2) is 0 Å². The fourth-order valence-electron chi connectivity index (χ4n) is 1.41. The zero-order chi connectivity index (χ0) is 12.3. The molecule has 1 aromatic heterocycles. The molecule has 0 saturated carbocycles. The number of hydrogen-bond acceptors (Lipinski definition) is 5. The first-order chi connectivity index (χ1) is 8.19. The van der Waals surface area contributed by atoms with Crippen molar-refractivity contribution >= 4 is 17.5 Å². The number of aromatic nitrogens is 2. The van der Waals surface area contributed by atoms with Crippen LogP contribution in [0.4, 0.5) is 17.5 Å². The summed E-state index contributed by atoms with van der Waals surface area (Å²) < 4.78 is 0. The molecule has 5 nitrogen and oxygen atoms in total. The zero-order valence-corrected chi connectivity index (χ0v) is 9.86. The van der Waals surface area contributed by atoms with E-state index in [9.17, 15) is 0 Å². The Morgan fingerprint density at radius 3 is 2.47 bits per heavy atom. The van der Waals surface area contributed by atoms with Crippen molar-refractivity contribution in [2.45, 2.75) is 13.8 Å². The molecule has 0 aliphatic rings. The highest BCUT2D eigenvalue weighted by molar-refractivity contribution is 5.60. The summed E-state index contributed by atoms with van der Waals surface area (Å²) in [5, 5.41) is 3.23. The molecule has 0 unspecified atom stereocenters. The van der Waals surface area contributed by atoms with Gasteiger partial charge in [-0.25, -0.2) is 10.8 Å². The van der Waals surface area contributed by atoms with Crippen LogP contribution in [-0.4, -0.2) is 9.97 Å². The van der Waals surface area contributed by atoms with Crippen LogP contribution in [0.2, 0.25) is 0 Å². The van der Waals surface area contributed by atoms with Crippen molar-refractivity contribution in [1.82, 2.24) is 9.97 Å². The summed E-state index contributed by atoms with van der Waals surface area (Å²) in [6, 6.07) is 8.10. The Kier molecular flexibility index (Phi) is 3.20. The molecule has 1 heterocycles. The highest BCUT2D eigenvalue weighted by Crippen LogP contribution is 2.18. The maximum atomic E-state index is 5.28. The van der Waals surface area contributed by atoms with Crippen LogP contribution >= 0.6 is 0 Å². The molecule has 0 radical (unpaired) electrons. The van der Waals surface area contributed by atoms with Gasteiger partial charge in [-0.2, -0.15) is 4.98 Å². The van der Waals surface area contributed by atoms with Crippen LogP contribution in [0.1, 0.15) is 11.1 Å². The molecule has 0 bridgehead atoms. The first-order valence-corrected chi connectivity index (χ1v) is 5.33. The molecule has 1 aromatic carbocycles. The molecule has 0 atom stereocenters. The van der Waals surface area contributed by atoms with Crippen molar-refractivity contribution in [2.75, 3.05) is 10.7 Å². The number of benzene rings is 1. The van der Waals surface area contributed by atoms with E-state index in [0.29, 0.717) is 5.95 Å². The van der Waals surface area contributed by atoms with E-state index in [1.165, 1.54) is 5.56 Å². The third kappa shape index (κ3) is 2.70. The van der Waals surface area contributed by atoms with Gasteiger partial charge in [-0.15, -0.1) is 0 Å². The third-order valence-corrected chi connectivity index (χ3v) is 2.42. The van der Waals surface area contributed by atoms with Gasteiger partial charge >= 0.3 is 0 Å². The van der Waals surface area contributed by atoms with Crippen molar-refractivity contribution in [3.63, 3.8) is 0 Å². The maximum absolute atomic E-state index is 5.28. The number of nitrogens with zero attached hydrogens (tertiary/aromatic N) is 2. The van der Waals surface area contributed by atoms with Gasteiger partial charge in [0.2, 0.25) is 5.95 Å². The molecule has 0 aliphatic carbocycles. The SMILES string of the molecule is Cc1ccc(Nc2nc(NN)ncc2C)cc1. The minimum Gasteiger partial charge on any atom is -0.340 e. The zero-order valence-electron chi connectivity index (χ0n) is 9.86. The third-order valence-electron chi connectivity index (χ3n) is 2.42. The topological polar surface area (TPSA) is 75.9 Å². The molecule has 0 saturated heterocycles. The largest absolute Gasteiger partial charge is 0.340 e. The van der Waals surface area contributed by atoms with E-state index < -0.39 is 0 Å². The molecule has 4 N–H and O–H groups in total. The van der Waals surface area contributed by atoms with E-state index in [1.807, 2.05) is 31.2 Å². The maximum Gasteiger partial charge on any atom is 0.239 e. The second-order valence-corrected chi connectivity index (χ2v) is 3.86. The standard InChI is InChI=1S/C12H15N5/c1-8-3-5-10(6-4-8)15-11-9(2)7-14-12(16-11)17-13/h3-7H,13H2,1-2H3,(H2,14,15,16,17). The Hall–Kier alpha value is -2.14. The van der Waals surface area contributed by atoms with Crippen molar-refractivity contribution in [2.24, 2.45) is 5.84 Å². The van der Waals surface area contributed by atoms with Crippen LogP contribution in [0.15, 0.2) is 30.5 Å². The van der Waals surface area contributed by atoms with Gasteiger partial charge in [0.1, 0.15) is 5.82 Å². The number of hydrogen-bond donors (Lipinski definition) is 3. The minimum atomic E-state index is 0.394. The molecule has 0 aliphatic heterocycles. The van der Waals surface area contributed by atoms with Gasteiger partial charge in [0.05, 0.1) is 0 Å². The average molecular weight is 229 g/mol. The number of nitrogens with two attached hydrogens (primary N) is 1. The lowest BCUT2D eigenvalue weighted by Crippen LogP contribution is -2.11. The fourth-order valence-corrected chi connectivity index (χ4v) is 1.41. The number of nitrogens with one attached hydrogen (secondary N) is 2. The highest BCUT2D eigenvalue weighted by atomic mass is 15.3. The number of nitrogen functional groups attached to an aromatic ring is 1. The lowest BCUT2D eigenvalue weighted by Gasteiger charge is -2.09. The molecule has 88 valence electrons. The molecule has 17 heavy (non-hydrogen) atoms. The van der Waals surface area contributed by atoms with Gasteiger partial charge in [-0.05, 0) is 26.0 Å². The summed E-state index contributed by atoms with van der Waals surface area (Å²) in [7, 11) is 0. The summed E-state index contributed by atoms with van der Waals surface area (Å²) in [5.74, 6) is 6.42. The molecular weight excluding hydrogens is 214 g/mol. The van der Waals surface area contributed by atoms with Crippen LogP contribution in [-0.2, 0) is 0 Å². The molecular formula is C12H15N5. The van der Waals surface area contributed by atoms with Gasteiger partial charge in [0, 0.05) is 17.4 Å². The second kappa shape index (κ2) is 4.80. The highest BCUT2D eigenvalue weighted by Gasteiger charge is 2.03. The Morgan fingerprint density at radius 2 is 1.82 bits per heavy atom. The Balaban J connectivity index is 2.25. The monoisotopic (exact) mass is 229 g/mol. The van der Waals surface area contributed by atoms with E-state index in [0.717, 1.165) is 17.1 Å². The van der Waals surface area contributed by atoms with E-state index >= 15 is 0 Å². The Morgan fingerprint density at radius 1 is 1.12 bits per heavy atom. The first kappa shape index (κ1) is 11.3. The Bertz CT molecular complexity index is 507. The second-order valence-electron chi connectivity index (χ2n) is 3.86. The van der Waals surface area contributed by atoms with Crippen molar-refractivity contribution in [1.29, 1.82) is 0 Å². The van der Waals surface area contributed by atoms with Gasteiger partial charge < -0.3 is 5.32 Å². The lowest BCUT2D eigenvalue weighted by atomic mass is 10.2. The molecule has 2 aromatic rings. The predicted octanol–water partition coefficient (Wildman–Crippen LogP) is 2.12. The normalized spacial score (nSPS) is 10.1. The van der Waals surface area contributed by atoms with Crippen molar-refractivity contribution in [3.8, 4) is 0 Å². The number of aryl methyl sites for hydroxylation is 2.